The van der Waals surface area contributed by atoms with Crippen molar-refractivity contribution in [2.45, 2.75) is 56.7 Å². The second-order valence-corrected chi connectivity index (χ2v) is 11.4. The summed E-state index contributed by atoms with van der Waals surface area (Å²) in [6.07, 6.45) is 1.55. The number of hydrogen-bond donors (Lipinski definition) is 1. The molecule has 3 atom stereocenters. The van der Waals surface area contributed by atoms with Crippen molar-refractivity contribution in [3.63, 3.8) is 0 Å². The predicted octanol–water partition coefficient (Wildman–Crippen LogP) is 2.77. The van der Waals surface area contributed by atoms with Gasteiger partial charge in [0, 0.05) is 6.42 Å². The first-order valence-corrected chi connectivity index (χ1v) is 11.2. The van der Waals surface area contributed by atoms with Gasteiger partial charge in [-0.3, -0.25) is 4.79 Å². The number of carbonyl (C=O) groups is 1. The molecule has 6 nitrogen and oxygen atoms in total. The molecule has 158 valence electrons. The molecule has 0 radical (unpaired) electrons. The molecule has 27 heavy (non-hydrogen) atoms. The Morgan fingerprint density at radius 1 is 1.04 bits per heavy atom. The maximum atomic E-state index is 13.9. The lowest BCUT2D eigenvalue weighted by atomic mass is 9.45. The van der Waals surface area contributed by atoms with Crippen molar-refractivity contribution in [3.8, 4) is 0 Å². The lowest BCUT2D eigenvalue weighted by Gasteiger charge is -2.60. The van der Waals surface area contributed by atoms with Gasteiger partial charge in [0.25, 0.3) is 10.0 Å². The van der Waals surface area contributed by atoms with Crippen molar-refractivity contribution < 1.29 is 43.6 Å². The van der Waals surface area contributed by atoms with Crippen molar-refractivity contribution in [2.75, 3.05) is 0 Å². The Labute approximate surface area is 154 Å². The monoisotopic (exact) mass is 441 g/mol. The zero-order chi connectivity index (χ0) is 21.1. The molecule has 13 heteroatoms. The first-order chi connectivity index (χ1) is 11.9. The van der Waals surface area contributed by atoms with Gasteiger partial charge in [-0.25, -0.2) is 16.8 Å². The number of sulfonamides is 2. The van der Waals surface area contributed by atoms with E-state index in [1.165, 1.54) is 0 Å². The summed E-state index contributed by atoms with van der Waals surface area (Å²) in [5.74, 6) is -1.47. The molecule has 0 heterocycles. The van der Waals surface area contributed by atoms with Gasteiger partial charge in [0.1, 0.15) is 0 Å². The zero-order valence-corrected chi connectivity index (χ0v) is 16.1. The molecule has 3 rings (SSSR count). The molecule has 3 fully saturated rings. The summed E-state index contributed by atoms with van der Waals surface area (Å²) in [5, 5.41) is -5.29. The summed E-state index contributed by atoms with van der Waals surface area (Å²) in [4.78, 5) is 11.7. The van der Waals surface area contributed by atoms with Crippen molar-refractivity contribution in [3.05, 3.63) is 0 Å². The molecule has 3 aliphatic rings. The second-order valence-electron chi connectivity index (χ2n) is 7.71. The van der Waals surface area contributed by atoms with Crippen LogP contribution in [-0.2, 0) is 24.8 Å². The standard InChI is InChI=1S/C14H20F5NO5S2/c1-12(2)9-5-3-8(10(12)7-9)4-6-11(21)13(15,16)26(22,23)20-27(24,25)14(17,18)19/h8-10,20H,3-7H2,1-2H3. The van der Waals surface area contributed by atoms with Crippen molar-refractivity contribution in [1.29, 1.82) is 0 Å². The van der Waals surface area contributed by atoms with Crippen molar-refractivity contribution >= 4 is 25.8 Å². The minimum Gasteiger partial charge on any atom is -0.292 e. The number of hydrogen-bond acceptors (Lipinski definition) is 5. The summed E-state index contributed by atoms with van der Waals surface area (Å²) in [7, 11) is -13.0. The van der Waals surface area contributed by atoms with Crippen LogP contribution >= 0.6 is 0 Å². The summed E-state index contributed by atoms with van der Waals surface area (Å²) < 4.78 is 109. The van der Waals surface area contributed by atoms with E-state index in [1.807, 2.05) is 13.8 Å². The van der Waals surface area contributed by atoms with Gasteiger partial charge in [0.15, 0.2) is 0 Å². The predicted molar refractivity (Wildman–Crippen MR) is 84.3 cm³/mol. The number of Topliss-reactive ketones (excluding diaryl/α,β-unsaturated/α-hetero) is 1. The highest BCUT2D eigenvalue weighted by Gasteiger charge is 2.59. The minimum atomic E-state index is -6.60. The average molecular weight is 441 g/mol. The lowest BCUT2D eigenvalue weighted by Crippen LogP contribution is -2.53. The molecule has 0 aliphatic heterocycles. The Kier molecular flexibility index (Phi) is 5.50. The summed E-state index contributed by atoms with van der Waals surface area (Å²) in [6, 6.07) is 0. The topological polar surface area (TPSA) is 97.4 Å². The minimum absolute atomic E-state index is 0.00288. The summed E-state index contributed by atoms with van der Waals surface area (Å²) in [5.41, 5.74) is -6.11. The number of ketones is 1. The summed E-state index contributed by atoms with van der Waals surface area (Å²) in [6.45, 7) is 4.07. The van der Waals surface area contributed by atoms with Gasteiger partial charge < -0.3 is 0 Å². The molecule has 1 N–H and O–H groups in total. The first-order valence-electron chi connectivity index (χ1n) is 8.19. The Morgan fingerprint density at radius 2 is 1.59 bits per heavy atom. The number of alkyl halides is 5. The van der Waals surface area contributed by atoms with E-state index in [9.17, 15) is 43.6 Å². The quantitative estimate of drug-likeness (QED) is 0.613. The second kappa shape index (κ2) is 6.61. The van der Waals surface area contributed by atoms with Crippen LogP contribution in [0.2, 0.25) is 0 Å². The van der Waals surface area contributed by atoms with Gasteiger partial charge in [-0.15, -0.1) is 0 Å². The highest BCUT2D eigenvalue weighted by molar-refractivity contribution is 8.05. The third-order valence-electron chi connectivity index (χ3n) is 5.93. The van der Waals surface area contributed by atoms with Crippen molar-refractivity contribution in [1.82, 2.24) is 4.13 Å². The van der Waals surface area contributed by atoms with Crippen LogP contribution in [0.15, 0.2) is 0 Å². The Morgan fingerprint density at radius 3 is 2.04 bits per heavy atom. The molecule has 0 saturated heterocycles. The third kappa shape index (κ3) is 3.86. The molecular formula is C14H20F5NO5S2. The van der Waals surface area contributed by atoms with E-state index in [1.54, 1.807) is 0 Å². The largest absolute Gasteiger partial charge is 0.512 e. The maximum absolute atomic E-state index is 13.9. The molecule has 0 aromatic rings. The fourth-order valence-corrected chi connectivity index (χ4v) is 6.52. The van der Waals surface area contributed by atoms with Gasteiger partial charge in [0.2, 0.25) is 5.78 Å². The number of halogens is 5. The van der Waals surface area contributed by atoms with Crippen LogP contribution in [-0.4, -0.2) is 33.4 Å². The number of rotatable bonds is 7. The fourth-order valence-electron chi connectivity index (χ4n) is 4.16. The number of fused-ring (bicyclic) bond motifs is 2. The molecule has 3 aliphatic carbocycles. The molecule has 0 aromatic carbocycles. The van der Waals surface area contributed by atoms with Crippen molar-refractivity contribution in [2.24, 2.45) is 23.2 Å². The molecular weight excluding hydrogens is 421 g/mol. The smallest absolute Gasteiger partial charge is 0.292 e. The van der Waals surface area contributed by atoms with Crippen LogP contribution in [0, 0.1) is 23.2 Å². The van der Waals surface area contributed by atoms with Gasteiger partial charge in [-0.05, 0) is 48.9 Å². The van der Waals surface area contributed by atoms with Crippen LogP contribution in [0.3, 0.4) is 0 Å². The van der Waals surface area contributed by atoms with Gasteiger partial charge in [-0.1, -0.05) is 18.0 Å². The fraction of sp³-hybridized carbons (Fsp3) is 0.929. The van der Waals surface area contributed by atoms with Crippen LogP contribution < -0.4 is 4.13 Å². The average Bonchev–Trinajstić information content (AvgIpc) is 2.50. The Balaban J connectivity index is 2.06. The van der Waals surface area contributed by atoms with Crippen LogP contribution in [0.1, 0.15) is 46.0 Å². The molecule has 2 bridgehead atoms. The van der Waals surface area contributed by atoms with E-state index in [-0.39, 0.29) is 27.8 Å². The zero-order valence-electron chi connectivity index (χ0n) is 14.5. The number of nitrogens with one attached hydrogen (secondary N) is 1. The van der Waals surface area contributed by atoms with E-state index in [0.29, 0.717) is 12.3 Å². The van der Waals surface area contributed by atoms with E-state index < -0.39 is 43.0 Å². The van der Waals surface area contributed by atoms with Crippen LogP contribution in [0.25, 0.3) is 0 Å². The highest BCUT2D eigenvalue weighted by atomic mass is 32.3. The molecule has 3 saturated carbocycles. The molecule has 0 aromatic heterocycles. The maximum Gasteiger partial charge on any atom is 0.512 e. The van der Waals surface area contributed by atoms with Gasteiger partial charge >= 0.3 is 20.8 Å². The van der Waals surface area contributed by atoms with Crippen LogP contribution in [0.5, 0.6) is 0 Å². The normalized spacial score (nSPS) is 28.5. The van der Waals surface area contributed by atoms with E-state index in [4.69, 9.17) is 0 Å². The van der Waals surface area contributed by atoms with E-state index in [0.717, 1.165) is 12.8 Å². The molecule has 0 spiro atoms. The van der Waals surface area contributed by atoms with E-state index in [2.05, 4.69) is 0 Å². The first kappa shape index (κ1) is 22.5. The van der Waals surface area contributed by atoms with Gasteiger partial charge in [0.05, 0.1) is 0 Å². The highest BCUT2D eigenvalue weighted by Crippen LogP contribution is 2.62. The van der Waals surface area contributed by atoms with E-state index >= 15 is 0 Å². The van der Waals surface area contributed by atoms with Gasteiger partial charge in [-0.2, -0.15) is 22.0 Å². The third-order valence-corrected chi connectivity index (χ3v) is 9.20. The summed E-state index contributed by atoms with van der Waals surface area (Å²) >= 11 is 0. The molecule has 3 unspecified atom stereocenters. The Hall–Kier alpha value is -0.820. The lowest BCUT2D eigenvalue weighted by molar-refractivity contribution is -0.136. The SMILES string of the molecule is CC1(C)C2CCC(CCC(=O)C(F)(F)S(=O)(=O)NS(=O)(=O)C(F)(F)F)C1C2. The Bertz CT molecular complexity index is 817. The van der Waals surface area contributed by atoms with Crippen LogP contribution in [0.4, 0.5) is 22.0 Å². The molecule has 0 amide bonds. The number of carbonyl (C=O) groups excluding carboxylic acids is 1.